The maximum absolute atomic E-state index is 12.0. The van der Waals surface area contributed by atoms with Crippen LogP contribution in [0.1, 0.15) is 26.7 Å². The fraction of sp³-hybridized carbons (Fsp3) is 0.360. The Bertz CT molecular complexity index is 996. The van der Waals surface area contributed by atoms with Gasteiger partial charge in [-0.25, -0.2) is 9.78 Å². The van der Waals surface area contributed by atoms with Crippen molar-refractivity contribution in [1.82, 2.24) is 10.3 Å². The Kier molecular flexibility index (Phi) is 6.17. The van der Waals surface area contributed by atoms with Gasteiger partial charge < -0.3 is 15.0 Å². The first-order valence-corrected chi connectivity index (χ1v) is 10.7. The van der Waals surface area contributed by atoms with E-state index in [2.05, 4.69) is 52.7 Å². The Morgan fingerprint density at radius 2 is 1.80 bits per heavy atom. The smallest absolute Gasteiger partial charge is 0.407 e. The lowest BCUT2D eigenvalue weighted by Crippen LogP contribution is -2.45. The highest BCUT2D eigenvalue weighted by Crippen LogP contribution is 2.31. The molecule has 2 heterocycles. The monoisotopic (exact) mass is 403 g/mol. The highest BCUT2D eigenvalue weighted by atomic mass is 16.5. The summed E-state index contributed by atoms with van der Waals surface area (Å²) in [5, 5.41) is 5.37. The van der Waals surface area contributed by atoms with Crippen molar-refractivity contribution in [3.05, 3.63) is 60.7 Å². The molecular weight excluding hydrogens is 374 g/mol. The summed E-state index contributed by atoms with van der Waals surface area (Å²) in [6.45, 7) is 6.22. The number of hydrogen-bond donors (Lipinski definition) is 1. The molecule has 0 saturated carbocycles. The number of carbonyl (C=O) groups excluding carboxylic acids is 1. The lowest BCUT2D eigenvalue weighted by molar-refractivity contribution is 0.128. The summed E-state index contributed by atoms with van der Waals surface area (Å²) in [6, 6.07) is 21.0. The Morgan fingerprint density at radius 3 is 2.53 bits per heavy atom. The van der Waals surface area contributed by atoms with Gasteiger partial charge in [0.05, 0.1) is 12.3 Å². The molecule has 3 aromatic rings. The average Bonchev–Trinajstić information content (AvgIpc) is 2.78. The zero-order valence-corrected chi connectivity index (χ0v) is 17.7. The number of nitrogens with zero attached hydrogens (tertiary/aromatic N) is 2. The van der Waals surface area contributed by atoms with Gasteiger partial charge in [0, 0.05) is 30.1 Å². The van der Waals surface area contributed by atoms with E-state index in [-0.39, 0.29) is 12.1 Å². The van der Waals surface area contributed by atoms with Crippen LogP contribution < -0.4 is 10.2 Å². The van der Waals surface area contributed by atoms with Crippen molar-refractivity contribution in [2.45, 2.75) is 32.7 Å². The number of piperidine rings is 1. The van der Waals surface area contributed by atoms with E-state index in [4.69, 9.17) is 9.72 Å². The molecule has 0 radical (unpaired) electrons. The number of pyridine rings is 1. The molecule has 0 bridgehead atoms. The quantitative estimate of drug-likeness (QED) is 0.632. The van der Waals surface area contributed by atoms with Gasteiger partial charge in [0.25, 0.3) is 0 Å². The normalized spacial score (nSPS) is 14.8. The zero-order chi connectivity index (χ0) is 20.9. The fourth-order valence-electron chi connectivity index (χ4n) is 3.86. The van der Waals surface area contributed by atoms with Crippen LogP contribution in [0.3, 0.4) is 0 Å². The number of alkyl carbamates (subject to hydrolysis) is 1. The van der Waals surface area contributed by atoms with E-state index >= 15 is 0 Å². The first kappa shape index (κ1) is 20.2. The maximum atomic E-state index is 12.0. The second-order valence-electron chi connectivity index (χ2n) is 8.32. The number of benzene rings is 2. The van der Waals surface area contributed by atoms with Crippen LogP contribution in [-0.4, -0.2) is 36.8 Å². The van der Waals surface area contributed by atoms with Crippen molar-refractivity contribution in [2.24, 2.45) is 5.92 Å². The van der Waals surface area contributed by atoms with Crippen LogP contribution in [0.25, 0.3) is 22.0 Å². The van der Waals surface area contributed by atoms with Crippen molar-refractivity contribution in [3.63, 3.8) is 0 Å². The molecule has 0 aliphatic carbocycles. The molecule has 30 heavy (non-hydrogen) atoms. The van der Waals surface area contributed by atoms with Gasteiger partial charge in [0.2, 0.25) is 0 Å². The molecule has 1 aromatic heterocycles. The number of anilines is 1. The van der Waals surface area contributed by atoms with Crippen molar-refractivity contribution in [2.75, 3.05) is 24.6 Å². The van der Waals surface area contributed by atoms with Crippen LogP contribution in [0.15, 0.2) is 60.7 Å². The Labute approximate surface area is 178 Å². The van der Waals surface area contributed by atoms with Crippen LogP contribution in [0.4, 0.5) is 10.6 Å². The van der Waals surface area contributed by atoms with E-state index < -0.39 is 0 Å². The minimum Gasteiger partial charge on any atom is -0.449 e. The van der Waals surface area contributed by atoms with Crippen molar-refractivity contribution >= 4 is 22.7 Å². The van der Waals surface area contributed by atoms with Gasteiger partial charge in [-0.15, -0.1) is 0 Å². The summed E-state index contributed by atoms with van der Waals surface area (Å²) in [5.74, 6) is 1.36. The Hall–Kier alpha value is -3.08. The summed E-state index contributed by atoms with van der Waals surface area (Å²) < 4.78 is 5.26. The highest BCUT2D eigenvalue weighted by molar-refractivity contribution is 5.95. The summed E-state index contributed by atoms with van der Waals surface area (Å²) >= 11 is 0. The molecular formula is C25H29N3O2. The second kappa shape index (κ2) is 9.16. The molecule has 0 atom stereocenters. The molecule has 1 amide bonds. The van der Waals surface area contributed by atoms with Crippen molar-refractivity contribution in [1.29, 1.82) is 0 Å². The summed E-state index contributed by atoms with van der Waals surface area (Å²) in [5.41, 5.74) is 2.11. The fourth-order valence-corrected chi connectivity index (χ4v) is 3.86. The molecule has 1 saturated heterocycles. The molecule has 1 aliphatic rings. The lowest BCUT2D eigenvalue weighted by Gasteiger charge is -2.33. The zero-order valence-electron chi connectivity index (χ0n) is 17.7. The molecule has 5 heteroatoms. The van der Waals surface area contributed by atoms with E-state index in [1.54, 1.807) is 0 Å². The Morgan fingerprint density at radius 1 is 1.10 bits per heavy atom. The van der Waals surface area contributed by atoms with Gasteiger partial charge >= 0.3 is 6.09 Å². The first-order valence-electron chi connectivity index (χ1n) is 10.7. The van der Waals surface area contributed by atoms with E-state index in [9.17, 15) is 4.79 Å². The van der Waals surface area contributed by atoms with Crippen molar-refractivity contribution in [3.8, 4) is 11.3 Å². The number of carbonyl (C=O) groups is 1. The van der Waals surface area contributed by atoms with Crippen LogP contribution in [0, 0.1) is 5.92 Å². The molecule has 0 spiro atoms. The maximum Gasteiger partial charge on any atom is 0.407 e. The molecule has 4 rings (SSSR count). The van der Waals surface area contributed by atoms with Gasteiger partial charge in [-0.05, 0) is 30.2 Å². The van der Waals surface area contributed by atoms with Gasteiger partial charge in [-0.2, -0.15) is 0 Å². The third-order valence-electron chi connectivity index (χ3n) is 5.45. The van der Waals surface area contributed by atoms with Crippen LogP contribution in [-0.2, 0) is 4.74 Å². The van der Waals surface area contributed by atoms with Crippen LogP contribution in [0.2, 0.25) is 0 Å². The first-order chi connectivity index (χ1) is 14.6. The highest BCUT2D eigenvalue weighted by Gasteiger charge is 2.23. The minimum absolute atomic E-state index is 0.143. The third-order valence-corrected chi connectivity index (χ3v) is 5.45. The van der Waals surface area contributed by atoms with E-state index in [1.165, 1.54) is 10.8 Å². The molecule has 1 N–H and O–H groups in total. The molecule has 1 fully saturated rings. The van der Waals surface area contributed by atoms with E-state index in [0.717, 1.165) is 43.0 Å². The average molecular weight is 404 g/mol. The number of nitrogens with one attached hydrogen (secondary N) is 1. The lowest BCUT2D eigenvalue weighted by atomic mass is 10.0. The Balaban J connectivity index is 1.51. The number of hydrogen-bond acceptors (Lipinski definition) is 4. The summed E-state index contributed by atoms with van der Waals surface area (Å²) in [4.78, 5) is 19.4. The minimum atomic E-state index is -0.309. The predicted molar refractivity (Wildman–Crippen MR) is 122 cm³/mol. The summed E-state index contributed by atoms with van der Waals surface area (Å²) in [6.07, 6.45) is 1.45. The SMILES string of the molecule is CC(C)COC(=O)NC1CCN(c2nc(-c3ccccc3)cc3ccccc23)CC1. The molecule has 1 aliphatic heterocycles. The van der Waals surface area contributed by atoms with Gasteiger partial charge in [-0.1, -0.05) is 68.4 Å². The molecule has 5 nitrogen and oxygen atoms in total. The van der Waals surface area contributed by atoms with Crippen LogP contribution in [0.5, 0.6) is 0 Å². The van der Waals surface area contributed by atoms with Crippen LogP contribution >= 0.6 is 0 Å². The number of rotatable bonds is 5. The summed E-state index contributed by atoms with van der Waals surface area (Å²) in [7, 11) is 0. The molecule has 2 aromatic carbocycles. The molecule has 156 valence electrons. The predicted octanol–water partition coefficient (Wildman–Crippen LogP) is 5.25. The second-order valence-corrected chi connectivity index (χ2v) is 8.32. The number of aromatic nitrogens is 1. The number of ether oxygens (including phenoxy) is 1. The van der Waals surface area contributed by atoms with E-state index in [1.807, 2.05) is 32.0 Å². The topological polar surface area (TPSA) is 54.5 Å². The van der Waals surface area contributed by atoms with E-state index in [0.29, 0.717) is 12.5 Å². The van der Waals surface area contributed by atoms with Gasteiger partial charge in [0.1, 0.15) is 5.82 Å². The number of fused-ring (bicyclic) bond motifs is 1. The standard InChI is InChI=1S/C25H29N3O2/c1-18(2)17-30-25(29)26-21-12-14-28(15-13-21)24-22-11-7-6-10-20(22)16-23(27-24)19-8-4-3-5-9-19/h3-11,16,18,21H,12-15,17H2,1-2H3,(H,26,29). The number of amides is 1. The van der Waals surface area contributed by atoms with Gasteiger partial charge in [-0.3, -0.25) is 0 Å². The molecule has 0 unspecified atom stereocenters. The third kappa shape index (κ3) is 4.73. The van der Waals surface area contributed by atoms with Gasteiger partial charge in [0.15, 0.2) is 0 Å². The largest absolute Gasteiger partial charge is 0.449 e. The van der Waals surface area contributed by atoms with Crippen molar-refractivity contribution < 1.29 is 9.53 Å².